The lowest BCUT2D eigenvalue weighted by molar-refractivity contribution is -0.117. The van der Waals surface area contributed by atoms with Crippen LogP contribution in [-0.2, 0) is 4.79 Å². The highest BCUT2D eigenvalue weighted by Gasteiger charge is 2.22. The molecule has 0 aromatic heterocycles. The first-order chi connectivity index (χ1) is 11.5. The quantitative estimate of drug-likeness (QED) is 0.768. The molecule has 0 aliphatic carbocycles. The van der Waals surface area contributed by atoms with Crippen LogP contribution in [0, 0.1) is 11.8 Å². The molecule has 0 saturated carbocycles. The zero-order valence-corrected chi connectivity index (χ0v) is 15.2. The number of carbonyl (C=O) groups excluding carboxylic acids is 1. The number of anilines is 1. The fourth-order valence-corrected chi connectivity index (χ4v) is 3.05. The van der Waals surface area contributed by atoms with Crippen molar-refractivity contribution >= 4 is 11.6 Å². The van der Waals surface area contributed by atoms with Gasteiger partial charge in [-0.1, -0.05) is 13.0 Å². The maximum atomic E-state index is 12.3. The number of piperidine rings is 1. The van der Waals surface area contributed by atoms with E-state index in [-0.39, 0.29) is 5.91 Å². The highest BCUT2D eigenvalue weighted by Crippen LogP contribution is 2.23. The van der Waals surface area contributed by atoms with E-state index in [0.29, 0.717) is 24.9 Å². The van der Waals surface area contributed by atoms with Crippen molar-refractivity contribution in [2.24, 2.45) is 11.8 Å². The van der Waals surface area contributed by atoms with Crippen LogP contribution in [-0.4, -0.2) is 51.1 Å². The second-order valence-corrected chi connectivity index (χ2v) is 7.02. The number of likely N-dealkylation sites (N-methyl/N-ethyl adjacent to an activating group) is 1. The molecule has 2 unspecified atom stereocenters. The number of nitrogens with zero attached hydrogens (tertiary/aromatic N) is 1. The van der Waals surface area contributed by atoms with Crippen LogP contribution in [0.4, 0.5) is 5.69 Å². The van der Waals surface area contributed by atoms with E-state index in [1.54, 1.807) is 0 Å². The number of hydrogen-bond acceptors (Lipinski definition) is 4. The fourth-order valence-electron chi connectivity index (χ4n) is 3.05. The third-order valence-electron chi connectivity index (χ3n) is 4.57. The SMILES string of the molecule is CC(CC(=O)Nc1cccc(OCCN(C)C)c1)C1CCCNC1. The average molecular weight is 333 g/mol. The summed E-state index contributed by atoms with van der Waals surface area (Å²) in [5, 5.41) is 6.42. The van der Waals surface area contributed by atoms with Gasteiger partial charge in [-0.15, -0.1) is 0 Å². The van der Waals surface area contributed by atoms with E-state index in [0.717, 1.165) is 31.1 Å². The summed E-state index contributed by atoms with van der Waals surface area (Å²) in [5.74, 6) is 1.88. The Bertz CT molecular complexity index is 513. The summed E-state index contributed by atoms with van der Waals surface area (Å²) >= 11 is 0. The van der Waals surface area contributed by atoms with E-state index in [9.17, 15) is 4.79 Å². The van der Waals surface area contributed by atoms with Crippen molar-refractivity contribution in [3.05, 3.63) is 24.3 Å². The lowest BCUT2D eigenvalue weighted by atomic mass is 9.85. The van der Waals surface area contributed by atoms with Crippen LogP contribution in [0.2, 0.25) is 0 Å². The van der Waals surface area contributed by atoms with Gasteiger partial charge in [0.2, 0.25) is 5.91 Å². The number of benzene rings is 1. The van der Waals surface area contributed by atoms with Crippen LogP contribution < -0.4 is 15.4 Å². The molecule has 1 saturated heterocycles. The average Bonchev–Trinajstić information content (AvgIpc) is 2.55. The predicted octanol–water partition coefficient (Wildman–Crippen LogP) is 2.59. The molecule has 5 heteroatoms. The van der Waals surface area contributed by atoms with Crippen molar-refractivity contribution in [2.75, 3.05) is 45.7 Å². The molecule has 2 N–H and O–H groups in total. The Balaban J connectivity index is 1.80. The molecule has 1 aliphatic rings. The molecule has 24 heavy (non-hydrogen) atoms. The summed E-state index contributed by atoms with van der Waals surface area (Å²) in [5.41, 5.74) is 0.802. The van der Waals surface area contributed by atoms with E-state index in [4.69, 9.17) is 4.74 Å². The Morgan fingerprint density at radius 2 is 2.29 bits per heavy atom. The number of hydrogen-bond donors (Lipinski definition) is 2. The third kappa shape index (κ3) is 6.49. The van der Waals surface area contributed by atoms with Gasteiger partial charge in [-0.2, -0.15) is 0 Å². The molecular weight excluding hydrogens is 302 g/mol. The van der Waals surface area contributed by atoms with Crippen molar-refractivity contribution in [2.45, 2.75) is 26.2 Å². The Morgan fingerprint density at radius 3 is 3.00 bits per heavy atom. The molecule has 0 bridgehead atoms. The smallest absolute Gasteiger partial charge is 0.224 e. The molecule has 5 nitrogen and oxygen atoms in total. The van der Waals surface area contributed by atoms with Gasteiger partial charge in [-0.3, -0.25) is 4.79 Å². The molecule has 0 radical (unpaired) electrons. The zero-order chi connectivity index (χ0) is 17.4. The normalized spacial score (nSPS) is 19.1. The van der Waals surface area contributed by atoms with Gasteiger partial charge in [0.15, 0.2) is 0 Å². The Morgan fingerprint density at radius 1 is 1.46 bits per heavy atom. The van der Waals surface area contributed by atoms with Crippen molar-refractivity contribution in [3.63, 3.8) is 0 Å². The van der Waals surface area contributed by atoms with Crippen LogP contribution in [0.1, 0.15) is 26.2 Å². The van der Waals surface area contributed by atoms with Crippen LogP contribution in [0.5, 0.6) is 5.75 Å². The number of carbonyl (C=O) groups is 1. The Kier molecular flexibility index (Phi) is 7.53. The monoisotopic (exact) mass is 333 g/mol. The molecule has 1 aromatic carbocycles. The first-order valence-electron chi connectivity index (χ1n) is 8.93. The summed E-state index contributed by atoms with van der Waals surface area (Å²) in [7, 11) is 4.03. The second-order valence-electron chi connectivity index (χ2n) is 7.02. The molecule has 0 spiro atoms. The van der Waals surface area contributed by atoms with Crippen molar-refractivity contribution in [1.29, 1.82) is 0 Å². The molecule has 1 aliphatic heterocycles. The molecule has 134 valence electrons. The third-order valence-corrected chi connectivity index (χ3v) is 4.57. The fraction of sp³-hybridized carbons (Fsp3) is 0.632. The van der Waals surface area contributed by atoms with Gasteiger partial charge < -0.3 is 20.3 Å². The van der Waals surface area contributed by atoms with E-state index in [1.807, 2.05) is 38.4 Å². The van der Waals surface area contributed by atoms with E-state index >= 15 is 0 Å². The first kappa shape index (κ1) is 18.7. The van der Waals surface area contributed by atoms with Crippen molar-refractivity contribution in [3.8, 4) is 5.75 Å². The van der Waals surface area contributed by atoms with Crippen LogP contribution in [0.3, 0.4) is 0 Å². The van der Waals surface area contributed by atoms with E-state index in [1.165, 1.54) is 12.8 Å². The maximum absolute atomic E-state index is 12.3. The zero-order valence-electron chi connectivity index (χ0n) is 15.2. The molecule has 1 amide bonds. The highest BCUT2D eigenvalue weighted by atomic mass is 16.5. The van der Waals surface area contributed by atoms with Gasteiger partial charge in [0.25, 0.3) is 0 Å². The van der Waals surface area contributed by atoms with Gasteiger partial charge in [0.05, 0.1) is 0 Å². The molecule has 1 aromatic rings. The highest BCUT2D eigenvalue weighted by molar-refractivity contribution is 5.91. The molecule has 2 atom stereocenters. The molecule has 1 heterocycles. The van der Waals surface area contributed by atoms with Crippen molar-refractivity contribution in [1.82, 2.24) is 10.2 Å². The van der Waals surface area contributed by atoms with Crippen LogP contribution in [0.25, 0.3) is 0 Å². The number of amides is 1. The Hall–Kier alpha value is -1.59. The summed E-state index contributed by atoms with van der Waals surface area (Å²) in [6.45, 7) is 5.82. The lowest BCUT2D eigenvalue weighted by Crippen LogP contribution is -2.34. The van der Waals surface area contributed by atoms with Gasteiger partial charge in [0, 0.05) is 24.7 Å². The number of nitrogens with one attached hydrogen (secondary N) is 2. The molecular formula is C19H31N3O2. The van der Waals surface area contributed by atoms with Gasteiger partial charge >= 0.3 is 0 Å². The Labute approximate surface area is 145 Å². The minimum absolute atomic E-state index is 0.0820. The second kappa shape index (κ2) is 9.64. The van der Waals surface area contributed by atoms with Crippen molar-refractivity contribution < 1.29 is 9.53 Å². The predicted molar refractivity (Wildman–Crippen MR) is 98.5 cm³/mol. The van der Waals surface area contributed by atoms with Gasteiger partial charge in [-0.05, 0) is 64.0 Å². The summed E-state index contributed by atoms with van der Waals surface area (Å²) < 4.78 is 5.71. The van der Waals surface area contributed by atoms with E-state index < -0.39 is 0 Å². The largest absolute Gasteiger partial charge is 0.492 e. The lowest BCUT2D eigenvalue weighted by Gasteiger charge is -2.28. The summed E-state index contributed by atoms with van der Waals surface area (Å²) in [6, 6.07) is 7.63. The molecule has 2 rings (SSSR count). The summed E-state index contributed by atoms with van der Waals surface area (Å²) in [4.78, 5) is 14.4. The molecule has 1 fully saturated rings. The van der Waals surface area contributed by atoms with Gasteiger partial charge in [0.1, 0.15) is 12.4 Å². The van der Waals surface area contributed by atoms with Crippen LogP contribution >= 0.6 is 0 Å². The topological polar surface area (TPSA) is 53.6 Å². The van der Waals surface area contributed by atoms with Gasteiger partial charge in [-0.25, -0.2) is 0 Å². The minimum atomic E-state index is 0.0820. The van der Waals surface area contributed by atoms with Crippen LogP contribution in [0.15, 0.2) is 24.3 Å². The maximum Gasteiger partial charge on any atom is 0.224 e. The first-order valence-corrected chi connectivity index (χ1v) is 8.93. The summed E-state index contributed by atoms with van der Waals surface area (Å²) in [6.07, 6.45) is 3.00. The number of rotatable bonds is 8. The van der Waals surface area contributed by atoms with E-state index in [2.05, 4.69) is 22.5 Å². The standard InChI is InChI=1S/C19H31N3O2/c1-15(16-6-5-9-20-14-16)12-19(23)21-17-7-4-8-18(13-17)24-11-10-22(2)3/h4,7-8,13,15-16,20H,5-6,9-12,14H2,1-3H3,(H,21,23). The number of ether oxygens (including phenoxy) is 1. The minimum Gasteiger partial charge on any atom is -0.492 e.